The van der Waals surface area contributed by atoms with Gasteiger partial charge in [0.1, 0.15) is 18.5 Å². The summed E-state index contributed by atoms with van der Waals surface area (Å²) in [7, 11) is -9.76. The molecule has 0 saturated heterocycles. The smallest absolute Gasteiger partial charge is 0.462 e. The van der Waals surface area contributed by atoms with Crippen molar-refractivity contribution in [3.63, 3.8) is 0 Å². The lowest BCUT2D eigenvalue weighted by atomic mass is 9.88. The summed E-state index contributed by atoms with van der Waals surface area (Å²) >= 11 is 0. The molecule has 0 aromatic heterocycles. The van der Waals surface area contributed by atoms with Gasteiger partial charge in [-0.2, -0.15) is 0 Å². The number of esters is 2. The van der Waals surface area contributed by atoms with Crippen LogP contribution in [-0.2, 0) is 46.6 Å². The van der Waals surface area contributed by atoms with Crippen LogP contribution in [0.4, 0.5) is 0 Å². The van der Waals surface area contributed by atoms with Crippen molar-refractivity contribution in [1.82, 2.24) is 0 Å². The highest BCUT2D eigenvalue weighted by Gasteiger charge is 2.39. The number of allylic oxidation sites excluding steroid dienone is 1. The minimum absolute atomic E-state index is 0.00650. The maximum atomic E-state index is 12.8. The van der Waals surface area contributed by atoms with E-state index in [4.69, 9.17) is 23.8 Å². The van der Waals surface area contributed by atoms with Gasteiger partial charge in [-0.3, -0.25) is 28.0 Å². The van der Waals surface area contributed by atoms with Crippen molar-refractivity contribution >= 4 is 33.4 Å². The van der Waals surface area contributed by atoms with Crippen molar-refractivity contribution in [3.8, 4) is 0 Å². The summed E-state index contributed by atoms with van der Waals surface area (Å²) in [5, 5.41) is 30.5. The maximum absolute atomic E-state index is 12.8. The van der Waals surface area contributed by atoms with E-state index in [1.54, 1.807) is 12.2 Å². The van der Waals surface area contributed by atoms with Crippen LogP contribution in [0.1, 0.15) is 168 Å². The van der Waals surface area contributed by atoms with Gasteiger partial charge in [-0.25, -0.2) is 9.13 Å². The molecule has 0 amide bonds. The molecular formula is C42H78O16P2. The molecule has 1 saturated carbocycles. The van der Waals surface area contributed by atoms with Gasteiger partial charge < -0.3 is 39.5 Å². The van der Waals surface area contributed by atoms with Crippen LogP contribution in [0.2, 0.25) is 0 Å². The highest BCUT2D eigenvalue weighted by molar-refractivity contribution is 7.47. The Kier molecular flexibility index (Phi) is 31.1. The molecule has 0 aromatic carbocycles. The molecule has 0 aliphatic heterocycles. The van der Waals surface area contributed by atoms with Crippen molar-refractivity contribution in [2.75, 3.05) is 26.4 Å². The quantitative estimate of drug-likeness (QED) is 0.0150. The number of carbonyl (C=O) groups excluding carboxylic acids is 3. The third-order valence-electron chi connectivity index (χ3n) is 10.5. The lowest BCUT2D eigenvalue weighted by molar-refractivity contribution is -0.161. The Bertz CT molecular complexity index is 1290. The highest BCUT2D eigenvalue weighted by atomic mass is 31.2. The zero-order chi connectivity index (χ0) is 44.8. The standard InChI is InChI=1S/C42H78O16P2/c1-4-5-16-22-34(43)26-27-38-37(39(45)28-40(38)46)23-18-14-15-20-25-42(48)58-36(32-57-60(52,53)56-30-35(44)29-55-59(49,50)51)31-54-41(47)24-19-13-11-9-7-6-8-10-12-17-21-33(2)3/h26-27,33-39,43-45H,4-25,28-32H2,1-3H3,(H,52,53)(H2,49,50,51)/b27-26+/t34-,35-,36+,37+,38+,39-/m0/s1. The van der Waals surface area contributed by atoms with E-state index in [1.165, 1.54) is 38.5 Å². The van der Waals surface area contributed by atoms with Crippen molar-refractivity contribution in [1.29, 1.82) is 0 Å². The molecule has 0 aromatic rings. The average Bonchev–Trinajstić information content (AvgIpc) is 3.45. The third-order valence-corrected chi connectivity index (χ3v) is 11.9. The number of unbranched alkanes of at least 4 members (excludes halogenated alkanes) is 14. The van der Waals surface area contributed by atoms with E-state index in [1.807, 2.05) is 0 Å². The number of phosphoric acid groups is 2. The SMILES string of the molecule is CCCCC[C@H](O)/C=C/[C@H]1C(=O)C[C@H](O)[C@@H]1CCCCCCC(=O)O[C@H](COC(=O)CCCCCCCCCCCCC(C)C)COP(=O)(O)OC[C@@H](O)COP(=O)(O)O. The first kappa shape index (κ1) is 56.5. The van der Waals surface area contributed by atoms with Gasteiger partial charge >= 0.3 is 27.6 Å². The van der Waals surface area contributed by atoms with Crippen LogP contribution in [0.5, 0.6) is 0 Å². The Morgan fingerprint density at radius 1 is 0.717 bits per heavy atom. The van der Waals surface area contributed by atoms with Crippen molar-refractivity contribution in [2.45, 2.75) is 193 Å². The molecule has 0 heterocycles. The molecule has 1 fully saturated rings. The summed E-state index contributed by atoms with van der Waals surface area (Å²) in [6.45, 7) is 3.68. The minimum atomic E-state index is -4.89. The van der Waals surface area contributed by atoms with Gasteiger partial charge in [0, 0.05) is 25.2 Å². The summed E-state index contributed by atoms with van der Waals surface area (Å²) in [5.41, 5.74) is 0. The predicted octanol–water partition coefficient (Wildman–Crippen LogP) is 7.79. The molecular weight excluding hydrogens is 822 g/mol. The number of aliphatic hydroxyl groups is 3. The molecule has 60 heavy (non-hydrogen) atoms. The van der Waals surface area contributed by atoms with Crippen LogP contribution in [-0.4, -0.2) is 98.6 Å². The second-order valence-corrected chi connectivity index (χ2v) is 19.3. The fourth-order valence-electron chi connectivity index (χ4n) is 7.03. The van der Waals surface area contributed by atoms with Gasteiger partial charge in [-0.05, 0) is 37.5 Å². The van der Waals surface area contributed by atoms with Crippen LogP contribution in [0.25, 0.3) is 0 Å². The molecule has 0 bridgehead atoms. The largest absolute Gasteiger partial charge is 0.472 e. The molecule has 0 radical (unpaired) electrons. The molecule has 1 aliphatic carbocycles. The van der Waals surface area contributed by atoms with Crippen molar-refractivity contribution < 1.29 is 76.6 Å². The van der Waals surface area contributed by atoms with Gasteiger partial charge in [-0.1, -0.05) is 136 Å². The number of carbonyl (C=O) groups is 3. The predicted molar refractivity (Wildman–Crippen MR) is 226 cm³/mol. The summed E-state index contributed by atoms with van der Waals surface area (Å²) in [6, 6.07) is 0. The van der Waals surface area contributed by atoms with Crippen LogP contribution in [0, 0.1) is 17.8 Å². The first-order valence-corrected chi connectivity index (χ1v) is 25.4. The lowest BCUT2D eigenvalue weighted by Crippen LogP contribution is -2.30. The molecule has 1 rings (SSSR count). The Labute approximate surface area is 358 Å². The fourth-order valence-corrected chi connectivity index (χ4v) is 8.18. The first-order valence-electron chi connectivity index (χ1n) is 22.3. The van der Waals surface area contributed by atoms with E-state index < -0.39 is 84.3 Å². The van der Waals surface area contributed by atoms with E-state index in [9.17, 15) is 43.7 Å². The van der Waals surface area contributed by atoms with Gasteiger partial charge in [-0.15, -0.1) is 0 Å². The Morgan fingerprint density at radius 3 is 1.85 bits per heavy atom. The summed E-state index contributed by atoms with van der Waals surface area (Å²) in [5.74, 6) is -1.14. The Hall–Kier alpha value is -1.55. The molecule has 1 aliphatic rings. The molecule has 18 heteroatoms. The van der Waals surface area contributed by atoms with Gasteiger partial charge in [0.15, 0.2) is 6.10 Å². The number of hydrogen-bond donors (Lipinski definition) is 6. The third kappa shape index (κ3) is 30.5. The van der Waals surface area contributed by atoms with E-state index >= 15 is 0 Å². The lowest BCUT2D eigenvalue weighted by Gasteiger charge is -2.20. The normalized spacial score (nSPS) is 19.8. The maximum Gasteiger partial charge on any atom is 0.472 e. The molecule has 7 atom stereocenters. The summed E-state index contributed by atoms with van der Waals surface area (Å²) in [6.07, 6.45) is 18.4. The van der Waals surface area contributed by atoms with Crippen molar-refractivity contribution in [2.24, 2.45) is 17.8 Å². The molecule has 0 spiro atoms. The van der Waals surface area contributed by atoms with Crippen LogP contribution < -0.4 is 0 Å². The molecule has 1 unspecified atom stereocenters. The van der Waals surface area contributed by atoms with E-state index in [0.29, 0.717) is 38.5 Å². The number of phosphoric ester groups is 2. The fraction of sp³-hybridized carbons (Fsp3) is 0.881. The van der Waals surface area contributed by atoms with Crippen LogP contribution in [0.3, 0.4) is 0 Å². The zero-order valence-corrected chi connectivity index (χ0v) is 38.2. The Balaban J connectivity index is 2.55. The second-order valence-electron chi connectivity index (χ2n) is 16.6. The minimum Gasteiger partial charge on any atom is -0.462 e. The number of Topliss-reactive ketones (excluding diaryl/α,β-unsaturated/α-hetero) is 1. The molecule has 6 N–H and O–H groups in total. The van der Waals surface area contributed by atoms with E-state index in [0.717, 1.165) is 57.3 Å². The van der Waals surface area contributed by atoms with Gasteiger partial charge in [0.25, 0.3) is 0 Å². The number of hydrogen-bond acceptors (Lipinski definition) is 13. The number of aliphatic hydroxyl groups excluding tert-OH is 3. The van der Waals surface area contributed by atoms with E-state index in [2.05, 4.69) is 29.8 Å². The highest BCUT2D eigenvalue weighted by Crippen LogP contribution is 2.44. The summed E-state index contributed by atoms with van der Waals surface area (Å²) in [4.78, 5) is 65.4. The second kappa shape index (κ2) is 33.0. The van der Waals surface area contributed by atoms with Gasteiger partial charge in [0.05, 0.1) is 32.0 Å². The zero-order valence-electron chi connectivity index (χ0n) is 36.4. The number of ketones is 1. The first-order chi connectivity index (χ1) is 28.4. The van der Waals surface area contributed by atoms with Gasteiger partial charge in [0.2, 0.25) is 0 Å². The number of ether oxygens (including phenoxy) is 2. The molecule has 16 nitrogen and oxygen atoms in total. The monoisotopic (exact) mass is 900 g/mol. The van der Waals surface area contributed by atoms with Crippen LogP contribution >= 0.6 is 15.6 Å². The van der Waals surface area contributed by atoms with Crippen LogP contribution in [0.15, 0.2) is 12.2 Å². The topological polar surface area (TPSA) is 253 Å². The molecule has 352 valence electrons. The summed E-state index contributed by atoms with van der Waals surface area (Å²) < 4.78 is 47.8. The van der Waals surface area contributed by atoms with Crippen molar-refractivity contribution in [3.05, 3.63) is 12.2 Å². The Morgan fingerprint density at radius 2 is 1.25 bits per heavy atom. The van der Waals surface area contributed by atoms with E-state index in [-0.39, 0.29) is 31.0 Å². The average molecular weight is 901 g/mol. The number of rotatable bonds is 38.